The zero-order valence-corrected chi connectivity index (χ0v) is 17.1. The maximum atomic E-state index is 13.4. The number of carboxylic acids is 1. The third-order valence-electron chi connectivity index (χ3n) is 5.53. The molecule has 1 heterocycles. The van der Waals surface area contributed by atoms with Crippen LogP contribution in [0.1, 0.15) is 37.8 Å². The number of rotatable bonds is 5. The molecule has 3 atom stereocenters. The summed E-state index contributed by atoms with van der Waals surface area (Å²) in [5.41, 5.74) is -2.40. The summed E-state index contributed by atoms with van der Waals surface area (Å²) in [5.74, 6) is -3.26. The first kappa shape index (κ1) is 23.0. The summed E-state index contributed by atoms with van der Waals surface area (Å²) in [4.78, 5) is 12.5. The number of carbonyl (C=O) groups excluding carboxylic acids is 1. The number of allylic oxidation sites excluding steroid dienone is 2. The number of nitrogens with zero attached hydrogens (tertiary/aromatic N) is 1. The molecule has 0 aliphatic carbocycles. The molecule has 1 aromatic rings. The summed E-state index contributed by atoms with van der Waals surface area (Å²) < 4.78 is 45.5. The second-order valence-corrected chi connectivity index (χ2v) is 7.76. The van der Waals surface area contributed by atoms with Gasteiger partial charge in [-0.3, -0.25) is 0 Å². The number of hydrogen-bond donors (Lipinski definition) is 1. The van der Waals surface area contributed by atoms with Crippen molar-refractivity contribution in [1.29, 1.82) is 5.26 Å². The van der Waals surface area contributed by atoms with Crippen LogP contribution in [0.25, 0.3) is 0 Å². The number of hydrogen-bond acceptors (Lipinski definition) is 5. The molecule has 29 heavy (non-hydrogen) atoms. The summed E-state index contributed by atoms with van der Waals surface area (Å²) in [6.45, 7) is 4.79. The highest BCUT2D eigenvalue weighted by Crippen LogP contribution is 2.52. The molecule has 1 aromatic carbocycles. The molecule has 1 N–H and O–H groups in total. The fourth-order valence-corrected chi connectivity index (χ4v) is 4.45. The van der Waals surface area contributed by atoms with Crippen molar-refractivity contribution < 1.29 is 27.8 Å². The lowest BCUT2D eigenvalue weighted by Gasteiger charge is -2.53. The number of ether oxygens (including phenoxy) is 1. The van der Waals surface area contributed by atoms with E-state index in [1.807, 2.05) is 6.07 Å². The van der Waals surface area contributed by atoms with Gasteiger partial charge in [-0.25, -0.2) is 0 Å². The standard InChI is InChI=1S/C20H22ClF3N2O3/c1-10(2)19(18(27)28)16(9-29-4)26-11(3)13(8-25)17(19)12-5-6-15(21)14(7-12)20(22,23)24/h5-7,10,16-17,26H,9H2,1-4H3,(H,27,28)/p-1. The van der Waals surface area contributed by atoms with Crippen LogP contribution in [0.2, 0.25) is 5.02 Å². The average Bonchev–Trinajstić information content (AvgIpc) is 2.60. The second-order valence-electron chi connectivity index (χ2n) is 7.35. The predicted molar refractivity (Wildman–Crippen MR) is 98.6 cm³/mol. The van der Waals surface area contributed by atoms with Crippen LogP contribution in [0, 0.1) is 22.7 Å². The topological polar surface area (TPSA) is 85.2 Å². The molecular weight excluding hydrogens is 409 g/mol. The van der Waals surface area contributed by atoms with Gasteiger partial charge in [-0.05, 0) is 30.5 Å². The fraction of sp³-hybridized carbons (Fsp3) is 0.500. The Hall–Kier alpha value is -2.24. The number of nitriles is 1. The Balaban J connectivity index is 2.90. The van der Waals surface area contributed by atoms with Gasteiger partial charge in [0.2, 0.25) is 0 Å². The Morgan fingerprint density at radius 2 is 2.07 bits per heavy atom. The van der Waals surface area contributed by atoms with Crippen LogP contribution in [-0.4, -0.2) is 25.7 Å². The number of carbonyl (C=O) groups is 1. The van der Waals surface area contributed by atoms with E-state index >= 15 is 0 Å². The summed E-state index contributed by atoms with van der Waals surface area (Å²) in [6, 6.07) is 4.35. The van der Waals surface area contributed by atoms with Gasteiger partial charge in [0.15, 0.2) is 0 Å². The number of carboxylic acid groups (broad SMARTS) is 1. The Morgan fingerprint density at radius 3 is 2.52 bits per heavy atom. The lowest BCUT2D eigenvalue weighted by atomic mass is 9.57. The van der Waals surface area contributed by atoms with E-state index in [9.17, 15) is 28.3 Å². The van der Waals surface area contributed by atoms with Crippen molar-refractivity contribution in [2.24, 2.45) is 11.3 Å². The van der Waals surface area contributed by atoms with Gasteiger partial charge in [-0.15, -0.1) is 0 Å². The molecule has 2 rings (SSSR count). The predicted octanol–water partition coefficient (Wildman–Crippen LogP) is 3.25. The largest absolute Gasteiger partial charge is 0.549 e. The van der Waals surface area contributed by atoms with Crippen LogP contribution >= 0.6 is 11.6 Å². The third kappa shape index (κ3) is 3.81. The van der Waals surface area contributed by atoms with E-state index in [0.29, 0.717) is 5.70 Å². The summed E-state index contributed by atoms with van der Waals surface area (Å²) in [5, 5.41) is 24.7. The number of halogens is 4. The average molecular weight is 430 g/mol. The van der Waals surface area contributed by atoms with E-state index in [-0.39, 0.29) is 17.7 Å². The monoisotopic (exact) mass is 429 g/mol. The van der Waals surface area contributed by atoms with E-state index in [1.54, 1.807) is 20.8 Å². The maximum Gasteiger partial charge on any atom is 0.417 e. The van der Waals surface area contributed by atoms with Crippen molar-refractivity contribution in [2.75, 3.05) is 13.7 Å². The molecule has 0 fully saturated rings. The van der Waals surface area contributed by atoms with Crippen molar-refractivity contribution >= 4 is 17.6 Å². The molecule has 5 nitrogen and oxygen atoms in total. The Morgan fingerprint density at radius 1 is 1.45 bits per heavy atom. The number of benzene rings is 1. The van der Waals surface area contributed by atoms with Crippen molar-refractivity contribution in [3.05, 3.63) is 45.6 Å². The van der Waals surface area contributed by atoms with Gasteiger partial charge < -0.3 is 20.0 Å². The summed E-state index contributed by atoms with van der Waals surface area (Å²) in [6.07, 6.45) is -4.74. The lowest BCUT2D eigenvalue weighted by Crippen LogP contribution is -2.64. The minimum absolute atomic E-state index is 0.0260. The number of methoxy groups -OCH3 is 1. The number of aliphatic carboxylic acids is 1. The summed E-state index contributed by atoms with van der Waals surface area (Å²) >= 11 is 5.74. The van der Waals surface area contributed by atoms with Gasteiger partial charge in [0.05, 0.1) is 40.8 Å². The zero-order chi connectivity index (χ0) is 22.1. The third-order valence-corrected chi connectivity index (χ3v) is 5.86. The van der Waals surface area contributed by atoms with E-state index in [1.165, 1.54) is 13.2 Å². The first-order chi connectivity index (χ1) is 13.4. The van der Waals surface area contributed by atoms with E-state index in [2.05, 4.69) is 5.32 Å². The molecule has 0 radical (unpaired) electrons. The van der Waals surface area contributed by atoms with Gasteiger partial charge in [0.1, 0.15) is 0 Å². The first-order valence-electron chi connectivity index (χ1n) is 8.87. The quantitative estimate of drug-likeness (QED) is 0.776. The molecule has 0 saturated carbocycles. The Kier molecular flexibility index (Phi) is 6.55. The van der Waals surface area contributed by atoms with Crippen molar-refractivity contribution in [2.45, 2.75) is 38.9 Å². The van der Waals surface area contributed by atoms with Crippen LogP contribution in [0.3, 0.4) is 0 Å². The Bertz CT molecular complexity index is 877. The van der Waals surface area contributed by atoms with E-state index < -0.39 is 46.0 Å². The van der Waals surface area contributed by atoms with Crippen LogP contribution in [0.5, 0.6) is 0 Å². The van der Waals surface area contributed by atoms with Crippen LogP contribution in [0.15, 0.2) is 29.5 Å². The molecule has 1 aliphatic rings. The number of nitrogens with one attached hydrogen (secondary N) is 1. The minimum Gasteiger partial charge on any atom is -0.549 e. The minimum atomic E-state index is -4.74. The molecule has 158 valence electrons. The molecule has 1 aliphatic heterocycles. The van der Waals surface area contributed by atoms with Gasteiger partial charge in [0, 0.05) is 24.1 Å². The van der Waals surface area contributed by atoms with Crippen LogP contribution in [0.4, 0.5) is 13.2 Å². The van der Waals surface area contributed by atoms with E-state index in [4.69, 9.17) is 16.3 Å². The van der Waals surface area contributed by atoms with Crippen LogP contribution < -0.4 is 10.4 Å². The Labute approximate surface area is 172 Å². The molecule has 0 spiro atoms. The molecular formula is C20H21ClF3N2O3-. The molecule has 0 amide bonds. The summed E-state index contributed by atoms with van der Waals surface area (Å²) in [7, 11) is 1.39. The zero-order valence-electron chi connectivity index (χ0n) is 16.4. The highest BCUT2D eigenvalue weighted by Gasteiger charge is 2.54. The lowest BCUT2D eigenvalue weighted by molar-refractivity contribution is -0.325. The molecule has 3 unspecified atom stereocenters. The smallest absolute Gasteiger partial charge is 0.417 e. The van der Waals surface area contributed by atoms with Gasteiger partial charge in [0.25, 0.3) is 0 Å². The first-order valence-corrected chi connectivity index (χ1v) is 9.25. The van der Waals surface area contributed by atoms with E-state index in [0.717, 1.165) is 12.1 Å². The van der Waals surface area contributed by atoms with Crippen molar-refractivity contribution in [1.82, 2.24) is 5.32 Å². The van der Waals surface area contributed by atoms with Crippen LogP contribution in [-0.2, 0) is 15.7 Å². The van der Waals surface area contributed by atoms with Crippen molar-refractivity contribution in [3.8, 4) is 6.07 Å². The fourth-order valence-electron chi connectivity index (χ4n) is 4.22. The molecule has 0 saturated heterocycles. The molecule has 0 bridgehead atoms. The molecule has 0 aromatic heterocycles. The maximum absolute atomic E-state index is 13.4. The normalized spacial score (nSPS) is 25.0. The highest BCUT2D eigenvalue weighted by molar-refractivity contribution is 6.31. The van der Waals surface area contributed by atoms with Gasteiger partial charge in [-0.1, -0.05) is 31.5 Å². The second kappa shape index (κ2) is 8.25. The molecule has 9 heteroatoms. The SMILES string of the molecule is COCC1NC(C)=C(C#N)C(c2ccc(Cl)c(C(F)(F)F)c2)C1(C(=O)[O-])C(C)C. The van der Waals surface area contributed by atoms with Gasteiger partial charge in [-0.2, -0.15) is 18.4 Å². The number of alkyl halides is 3. The van der Waals surface area contributed by atoms with Crippen molar-refractivity contribution in [3.63, 3.8) is 0 Å². The van der Waals surface area contributed by atoms with Gasteiger partial charge >= 0.3 is 6.18 Å². The highest BCUT2D eigenvalue weighted by atomic mass is 35.5.